The van der Waals surface area contributed by atoms with Crippen molar-refractivity contribution in [3.8, 4) is 5.75 Å². The van der Waals surface area contributed by atoms with Crippen LogP contribution in [-0.4, -0.2) is 50.8 Å². The Hall–Kier alpha value is -2.70. The van der Waals surface area contributed by atoms with Crippen LogP contribution < -0.4 is 0 Å². The number of likely N-dealkylation sites (N-methyl/N-ethyl adjacent to an activating group) is 1. The number of aryl methyl sites for hydroxylation is 1. The summed E-state index contributed by atoms with van der Waals surface area (Å²) in [7, 11) is 0. The highest BCUT2D eigenvalue weighted by molar-refractivity contribution is 5.28. The number of phenolic OH excluding ortho intramolecular Hbond substituents is 1. The first-order valence-corrected chi connectivity index (χ1v) is 11.2. The van der Waals surface area contributed by atoms with Crippen LogP contribution in [0.3, 0.4) is 0 Å². The molecule has 0 spiro atoms. The summed E-state index contributed by atoms with van der Waals surface area (Å²) in [5.41, 5.74) is 3.61. The second-order valence-electron chi connectivity index (χ2n) is 8.45. The molecule has 0 unspecified atom stereocenters. The number of aromatic hydroxyl groups is 1. The molecule has 6 nitrogen and oxygen atoms in total. The van der Waals surface area contributed by atoms with Crippen LogP contribution in [0.15, 0.2) is 52.9 Å². The van der Waals surface area contributed by atoms with Crippen molar-refractivity contribution in [3.63, 3.8) is 0 Å². The lowest BCUT2D eigenvalue weighted by Crippen LogP contribution is -2.39. The van der Waals surface area contributed by atoms with Crippen LogP contribution in [0.1, 0.15) is 48.2 Å². The molecule has 1 atom stereocenters. The minimum absolute atomic E-state index is 0.293. The molecule has 1 aliphatic heterocycles. The normalized spacial score (nSPS) is 16.9. The largest absolute Gasteiger partial charge is 0.508 e. The molecule has 1 aliphatic rings. The molecule has 1 N–H and O–H groups in total. The van der Waals surface area contributed by atoms with Crippen molar-refractivity contribution >= 4 is 0 Å². The Morgan fingerprint density at radius 2 is 1.84 bits per heavy atom. The quantitative estimate of drug-likeness (QED) is 0.561. The Balaban J connectivity index is 1.46. The van der Waals surface area contributed by atoms with E-state index >= 15 is 0 Å². The van der Waals surface area contributed by atoms with Crippen LogP contribution in [0.2, 0.25) is 0 Å². The van der Waals surface area contributed by atoms with Gasteiger partial charge in [0.15, 0.2) is 0 Å². The number of hydrogen-bond donors (Lipinski definition) is 1. The number of phenols is 1. The topological polar surface area (TPSA) is 65.6 Å². The number of hydrogen-bond acceptors (Lipinski definition) is 6. The first-order chi connectivity index (χ1) is 15.1. The fourth-order valence-corrected chi connectivity index (χ4v) is 4.45. The van der Waals surface area contributed by atoms with Crippen LogP contribution in [-0.2, 0) is 19.5 Å². The van der Waals surface area contributed by atoms with E-state index in [1.807, 2.05) is 24.3 Å². The van der Waals surface area contributed by atoms with Crippen LogP contribution in [0.25, 0.3) is 0 Å². The first kappa shape index (κ1) is 21.5. The van der Waals surface area contributed by atoms with Crippen molar-refractivity contribution in [1.29, 1.82) is 0 Å². The maximum atomic E-state index is 9.61. The number of nitrogens with zero attached hydrogens (tertiary/aromatic N) is 4. The average Bonchev–Trinajstić information content (AvgIpc) is 3.40. The lowest BCUT2D eigenvalue weighted by molar-refractivity contribution is 0.155. The van der Waals surface area contributed by atoms with Gasteiger partial charge in [0.1, 0.15) is 5.75 Å². The first-order valence-electron chi connectivity index (χ1n) is 11.2. The second-order valence-corrected chi connectivity index (χ2v) is 8.45. The van der Waals surface area contributed by atoms with E-state index in [9.17, 15) is 5.11 Å². The second kappa shape index (κ2) is 10.1. The number of aromatic nitrogens is 2. The summed E-state index contributed by atoms with van der Waals surface area (Å²) in [5.74, 6) is 1.61. The molecule has 164 valence electrons. The maximum absolute atomic E-state index is 9.61. The molecular weight excluding hydrogens is 388 g/mol. The van der Waals surface area contributed by atoms with Gasteiger partial charge in [-0.25, -0.2) is 0 Å². The van der Waals surface area contributed by atoms with Crippen molar-refractivity contribution in [2.75, 3.05) is 19.6 Å². The zero-order chi connectivity index (χ0) is 21.6. The summed E-state index contributed by atoms with van der Waals surface area (Å²) in [6, 6.07) is 16.3. The van der Waals surface area contributed by atoms with Gasteiger partial charge < -0.3 is 9.52 Å². The molecule has 0 radical (unpaired) electrons. The highest BCUT2D eigenvalue weighted by Crippen LogP contribution is 2.21. The number of likely N-dealkylation sites (tertiary alicyclic amines) is 1. The molecule has 0 aliphatic carbocycles. The summed E-state index contributed by atoms with van der Waals surface area (Å²) < 4.78 is 6.03. The lowest BCUT2D eigenvalue weighted by Gasteiger charge is -2.29. The SMILES string of the molecule is CCN1CCC[C@@H]1CN(Cc1ccc(O)cc1)Cc1nnc(Cc2ccccc2C)o1. The third-order valence-corrected chi connectivity index (χ3v) is 6.19. The van der Waals surface area contributed by atoms with Gasteiger partial charge in [-0.2, -0.15) is 0 Å². The molecule has 1 saturated heterocycles. The Morgan fingerprint density at radius 1 is 1.06 bits per heavy atom. The van der Waals surface area contributed by atoms with Crippen LogP contribution in [0.5, 0.6) is 5.75 Å². The van der Waals surface area contributed by atoms with Crippen molar-refractivity contribution in [3.05, 3.63) is 77.0 Å². The summed E-state index contributed by atoms with van der Waals surface area (Å²) in [5, 5.41) is 18.3. The Labute approximate surface area is 184 Å². The molecule has 0 amide bonds. The zero-order valence-corrected chi connectivity index (χ0v) is 18.5. The van der Waals surface area contributed by atoms with Gasteiger partial charge in [-0.3, -0.25) is 9.80 Å². The van der Waals surface area contributed by atoms with E-state index in [0.717, 1.165) is 19.6 Å². The van der Waals surface area contributed by atoms with E-state index in [4.69, 9.17) is 4.42 Å². The summed E-state index contributed by atoms with van der Waals surface area (Å²) in [6.07, 6.45) is 3.14. The van der Waals surface area contributed by atoms with Gasteiger partial charge in [0.2, 0.25) is 11.8 Å². The van der Waals surface area contributed by atoms with Gasteiger partial charge in [0.25, 0.3) is 0 Å². The van der Waals surface area contributed by atoms with E-state index in [0.29, 0.717) is 36.5 Å². The van der Waals surface area contributed by atoms with Gasteiger partial charge in [-0.05, 0) is 61.7 Å². The van der Waals surface area contributed by atoms with E-state index in [2.05, 4.69) is 46.0 Å². The third-order valence-electron chi connectivity index (χ3n) is 6.19. The summed E-state index contributed by atoms with van der Waals surface area (Å²) >= 11 is 0. The van der Waals surface area contributed by atoms with Gasteiger partial charge in [-0.1, -0.05) is 43.3 Å². The Bertz CT molecular complexity index is 970. The monoisotopic (exact) mass is 420 g/mol. The predicted octanol–water partition coefficient (Wildman–Crippen LogP) is 4.16. The van der Waals surface area contributed by atoms with Crippen molar-refractivity contribution in [2.24, 2.45) is 0 Å². The van der Waals surface area contributed by atoms with Crippen molar-refractivity contribution < 1.29 is 9.52 Å². The highest BCUT2D eigenvalue weighted by atomic mass is 16.4. The molecule has 4 rings (SSSR count). The molecule has 1 aromatic heterocycles. The summed E-state index contributed by atoms with van der Waals surface area (Å²) in [4.78, 5) is 4.94. The molecule has 3 aromatic rings. The number of rotatable bonds is 9. The molecule has 31 heavy (non-hydrogen) atoms. The minimum atomic E-state index is 0.293. The van der Waals surface area contributed by atoms with Crippen LogP contribution in [0, 0.1) is 6.92 Å². The van der Waals surface area contributed by atoms with Crippen molar-refractivity contribution in [2.45, 2.75) is 52.2 Å². The fourth-order valence-electron chi connectivity index (χ4n) is 4.45. The van der Waals surface area contributed by atoms with E-state index in [1.54, 1.807) is 12.1 Å². The van der Waals surface area contributed by atoms with Gasteiger partial charge >= 0.3 is 0 Å². The Kier molecular flexibility index (Phi) is 6.99. The van der Waals surface area contributed by atoms with E-state index in [1.165, 1.54) is 36.1 Å². The predicted molar refractivity (Wildman–Crippen MR) is 121 cm³/mol. The number of benzene rings is 2. The molecule has 1 fully saturated rings. The third kappa shape index (κ3) is 5.71. The highest BCUT2D eigenvalue weighted by Gasteiger charge is 2.26. The lowest BCUT2D eigenvalue weighted by atomic mass is 10.1. The smallest absolute Gasteiger partial charge is 0.230 e. The summed E-state index contributed by atoms with van der Waals surface area (Å²) in [6.45, 7) is 8.96. The zero-order valence-electron chi connectivity index (χ0n) is 18.5. The Morgan fingerprint density at radius 3 is 2.61 bits per heavy atom. The molecule has 0 saturated carbocycles. The van der Waals surface area contributed by atoms with Gasteiger partial charge in [-0.15, -0.1) is 10.2 Å². The minimum Gasteiger partial charge on any atom is -0.508 e. The maximum Gasteiger partial charge on any atom is 0.230 e. The van der Waals surface area contributed by atoms with Gasteiger partial charge in [0, 0.05) is 19.1 Å². The average molecular weight is 421 g/mol. The standard InChI is InChI=1S/C25H32N4O2/c1-3-29-14-6-9-22(29)17-28(16-20-10-12-23(30)13-11-20)18-25-27-26-24(31-25)15-21-8-5-4-7-19(21)2/h4-5,7-8,10-13,22,30H,3,6,9,14-18H2,1-2H3/t22-/m1/s1. The van der Waals surface area contributed by atoms with Crippen LogP contribution in [0.4, 0.5) is 0 Å². The van der Waals surface area contributed by atoms with E-state index < -0.39 is 0 Å². The molecule has 6 heteroatoms. The molecular formula is C25H32N4O2. The van der Waals surface area contributed by atoms with Crippen LogP contribution >= 0.6 is 0 Å². The molecule has 2 aromatic carbocycles. The molecule has 2 heterocycles. The van der Waals surface area contributed by atoms with E-state index in [-0.39, 0.29) is 0 Å². The van der Waals surface area contributed by atoms with Crippen molar-refractivity contribution in [1.82, 2.24) is 20.0 Å². The van der Waals surface area contributed by atoms with Gasteiger partial charge in [0.05, 0.1) is 13.0 Å². The molecule has 0 bridgehead atoms. The fraction of sp³-hybridized carbons (Fsp3) is 0.440.